The van der Waals surface area contributed by atoms with Crippen molar-refractivity contribution in [3.8, 4) is 0 Å². The zero-order chi connectivity index (χ0) is 13.5. The topological polar surface area (TPSA) is 81.5 Å². The van der Waals surface area contributed by atoms with Gasteiger partial charge in [-0.25, -0.2) is 4.79 Å². The smallest absolute Gasteiger partial charge is 0.344 e. The van der Waals surface area contributed by atoms with Crippen LogP contribution in [0.25, 0.3) is 0 Å². The van der Waals surface area contributed by atoms with Gasteiger partial charge in [0, 0.05) is 18.3 Å². The molecule has 0 aromatic heterocycles. The third-order valence-corrected chi connectivity index (χ3v) is 2.46. The second-order valence-electron chi connectivity index (χ2n) is 3.76. The highest BCUT2D eigenvalue weighted by molar-refractivity contribution is 5.95. The lowest BCUT2D eigenvalue weighted by Crippen LogP contribution is -2.08. The van der Waals surface area contributed by atoms with Gasteiger partial charge in [-0.2, -0.15) is 0 Å². The molecule has 0 fully saturated rings. The Morgan fingerprint density at radius 1 is 1.50 bits per heavy atom. The van der Waals surface area contributed by atoms with E-state index in [9.17, 15) is 14.9 Å². The SMILES string of the molecule is CCCCNc1ccc([N+](=O)[O-])c(C(=O)OC)c1. The summed E-state index contributed by atoms with van der Waals surface area (Å²) in [6, 6.07) is 4.33. The van der Waals surface area contributed by atoms with Crippen molar-refractivity contribution in [1.29, 1.82) is 0 Å². The van der Waals surface area contributed by atoms with Crippen LogP contribution in [0.15, 0.2) is 18.2 Å². The minimum Gasteiger partial charge on any atom is -0.465 e. The number of rotatable bonds is 6. The van der Waals surface area contributed by atoms with Crippen molar-refractivity contribution >= 4 is 17.3 Å². The average Bonchev–Trinajstić information content (AvgIpc) is 2.37. The fourth-order valence-corrected chi connectivity index (χ4v) is 1.49. The molecule has 1 aromatic rings. The van der Waals surface area contributed by atoms with Crippen LogP contribution >= 0.6 is 0 Å². The van der Waals surface area contributed by atoms with E-state index < -0.39 is 10.9 Å². The molecule has 0 spiro atoms. The zero-order valence-corrected chi connectivity index (χ0v) is 10.4. The number of ether oxygens (including phenoxy) is 1. The summed E-state index contributed by atoms with van der Waals surface area (Å²) in [6.45, 7) is 2.83. The predicted molar refractivity (Wildman–Crippen MR) is 67.8 cm³/mol. The fourth-order valence-electron chi connectivity index (χ4n) is 1.49. The second-order valence-corrected chi connectivity index (χ2v) is 3.76. The Bertz CT molecular complexity index is 446. The quantitative estimate of drug-likeness (QED) is 0.364. The van der Waals surface area contributed by atoms with E-state index in [0.717, 1.165) is 19.4 Å². The van der Waals surface area contributed by atoms with E-state index >= 15 is 0 Å². The Hall–Kier alpha value is -2.11. The van der Waals surface area contributed by atoms with Gasteiger partial charge in [0.25, 0.3) is 5.69 Å². The molecule has 1 aromatic carbocycles. The minimum atomic E-state index is -0.708. The Balaban J connectivity index is 2.98. The lowest BCUT2D eigenvalue weighted by atomic mass is 10.1. The monoisotopic (exact) mass is 252 g/mol. The van der Waals surface area contributed by atoms with Crippen molar-refractivity contribution in [2.45, 2.75) is 19.8 Å². The summed E-state index contributed by atoms with van der Waals surface area (Å²) in [5.41, 5.74) is 0.390. The van der Waals surface area contributed by atoms with Gasteiger partial charge in [-0.05, 0) is 18.6 Å². The summed E-state index contributed by atoms with van der Waals surface area (Å²) in [6.07, 6.45) is 2.04. The molecule has 0 bridgehead atoms. The molecule has 0 saturated heterocycles. The molecule has 0 aliphatic rings. The van der Waals surface area contributed by atoms with Gasteiger partial charge in [-0.1, -0.05) is 13.3 Å². The number of esters is 1. The number of hydrogen-bond donors (Lipinski definition) is 1. The standard InChI is InChI=1S/C12H16N2O4/c1-3-4-7-13-9-5-6-11(14(16)17)10(8-9)12(15)18-2/h5-6,8,13H,3-4,7H2,1-2H3. The molecule has 0 radical (unpaired) electrons. The maximum Gasteiger partial charge on any atom is 0.344 e. The Kier molecular flexibility index (Phi) is 5.10. The van der Waals surface area contributed by atoms with E-state index in [0.29, 0.717) is 5.69 Å². The van der Waals surface area contributed by atoms with Gasteiger partial charge < -0.3 is 10.1 Å². The van der Waals surface area contributed by atoms with Crippen LogP contribution in [0, 0.1) is 10.1 Å². The summed E-state index contributed by atoms with van der Waals surface area (Å²) in [5, 5.41) is 13.9. The summed E-state index contributed by atoms with van der Waals surface area (Å²) in [7, 11) is 1.20. The summed E-state index contributed by atoms with van der Waals surface area (Å²) in [4.78, 5) is 21.7. The molecule has 0 saturated carbocycles. The molecule has 0 aliphatic heterocycles. The molecule has 6 nitrogen and oxygen atoms in total. The third kappa shape index (κ3) is 3.44. The zero-order valence-electron chi connectivity index (χ0n) is 10.4. The average molecular weight is 252 g/mol. The first-order valence-electron chi connectivity index (χ1n) is 5.70. The van der Waals surface area contributed by atoms with E-state index in [2.05, 4.69) is 17.0 Å². The largest absolute Gasteiger partial charge is 0.465 e. The number of nitro groups is 1. The van der Waals surface area contributed by atoms with Crippen molar-refractivity contribution in [3.05, 3.63) is 33.9 Å². The van der Waals surface area contributed by atoms with Crippen molar-refractivity contribution in [2.24, 2.45) is 0 Å². The maximum atomic E-state index is 11.5. The molecule has 0 atom stereocenters. The first kappa shape index (κ1) is 14.0. The van der Waals surface area contributed by atoms with Gasteiger partial charge in [0.05, 0.1) is 12.0 Å². The van der Waals surface area contributed by atoms with E-state index in [1.165, 1.54) is 19.2 Å². The predicted octanol–water partition coefficient (Wildman–Crippen LogP) is 2.59. The van der Waals surface area contributed by atoms with Crippen LogP contribution in [-0.2, 0) is 4.74 Å². The van der Waals surface area contributed by atoms with Crippen LogP contribution in [0.4, 0.5) is 11.4 Å². The van der Waals surface area contributed by atoms with E-state index in [1.54, 1.807) is 6.07 Å². The highest BCUT2D eigenvalue weighted by Crippen LogP contribution is 2.23. The number of nitrogens with zero attached hydrogens (tertiary/aromatic N) is 1. The van der Waals surface area contributed by atoms with Crippen LogP contribution in [0.3, 0.4) is 0 Å². The molecule has 98 valence electrons. The fraction of sp³-hybridized carbons (Fsp3) is 0.417. The highest BCUT2D eigenvalue weighted by atomic mass is 16.6. The molecule has 0 unspecified atom stereocenters. The number of nitro benzene ring substituents is 1. The van der Waals surface area contributed by atoms with Crippen LogP contribution in [0.1, 0.15) is 30.1 Å². The van der Waals surface area contributed by atoms with Crippen molar-refractivity contribution < 1.29 is 14.5 Å². The Labute approximate surface area is 105 Å². The summed E-state index contributed by atoms with van der Waals surface area (Å²) >= 11 is 0. The molecule has 6 heteroatoms. The van der Waals surface area contributed by atoms with E-state index in [1.807, 2.05) is 0 Å². The van der Waals surface area contributed by atoms with Crippen LogP contribution < -0.4 is 5.32 Å². The molecular weight excluding hydrogens is 236 g/mol. The molecule has 18 heavy (non-hydrogen) atoms. The summed E-state index contributed by atoms with van der Waals surface area (Å²) < 4.78 is 4.54. The van der Waals surface area contributed by atoms with E-state index in [-0.39, 0.29) is 11.3 Å². The number of benzene rings is 1. The van der Waals surface area contributed by atoms with Crippen LogP contribution in [-0.4, -0.2) is 24.5 Å². The lowest BCUT2D eigenvalue weighted by Gasteiger charge is -2.07. The second kappa shape index (κ2) is 6.58. The van der Waals surface area contributed by atoms with E-state index in [4.69, 9.17) is 0 Å². The molecular formula is C12H16N2O4. The number of methoxy groups -OCH3 is 1. The van der Waals surface area contributed by atoms with Crippen molar-refractivity contribution in [2.75, 3.05) is 19.0 Å². The lowest BCUT2D eigenvalue weighted by molar-refractivity contribution is -0.385. The van der Waals surface area contributed by atoms with Gasteiger partial charge in [0.15, 0.2) is 0 Å². The number of hydrogen-bond acceptors (Lipinski definition) is 5. The molecule has 1 N–H and O–H groups in total. The number of unbranched alkanes of at least 4 members (excludes halogenated alkanes) is 1. The molecule has 0 aliphatic carbocycles. The highest BCUT2D eigenvalue weighted by Gasteiger charge is 2.21. The summed E-state index contributed by atoms with van der Waals surface area (Å²) in [5.74, 6) is -0.708. The van der Waals surface area contributed by atoms with Crippen molar-refractivity contribution in [1.82, 2.24) is 0 Å². The van der Waals surface area contributed by atoms with Gasteiger partial charge in [-0.3, -0.25) is 10.1 Å². The maximum absolute atomic E-state index is 11.5. The van der Waals surface area contributed by atoms with Gasteiger partial charge in [0.2, 0.25) is 0 Å². The first-order valence-corrected chi connectivity index (χ1v) is 5.70. The third-order valence-electron chi connectivity index (χ3n) is 2.46. The number of anilines is 1. The first-order chi connectivity index (χ1) is 8.60. The Morgan fingerprint density at radius 3 is 2.78 bits per heavy atom. The van der Waals surface area contributed by atoms with Crippen LogP contribution in [0.2, 0.25) is 0 Å². The number of carbonyl (C=O) groups excluding carboxylic acids is 1. The molecule has 1 rings (SSSR count). The number of nitrogens with one attached hydrogen (secondary N) is 1. The molecule has 0 amide bonds. The van der Waals surface area contributed by atoms with Gasteiger partial charge in [0.1, 0.15) is 5.56 Å². The minimum absolute atomic E-state index is 0.0380. The van der Waals surface area contributed by atoms with Gasteiger partial charge in [-0.15, -0.1) is 0 Å². The molecule has 0 heterocycles. The van der Waals surface area contributed by atoms with Crippen molar-refractivity contribution in [3.63, 3.8) is 0 Å². The Morgan fingerprint density at radius 2 is 2.22 bits per heavy atom. The van der Waals surface area contributed by atoms with Gasteiger partial charge >= 0.3 is 5.97 Å². The number of carbonyl (C=O) groups is 1. The normalized spacial score (nSPS) is 9.89. The van der Waals surface area contributed by atoms with Crippen LogP contribution in [0.5, 0.6) is 0 Å².